The number of furan rings is 1. The lowest BCUT2D eigenvalue weighted by atomic mass is 10.0. The first-order chi connectivity index (χ1) is 17.7. The second-order valence-electron chi connectivity index (χ2n) is 8.77. The highest BCUT2D eigenvalue weighted by atomic mass is 35.5. The number of hydrogen-bond donors (Lipinski definition) is 0. The van der Waals surface area contributed by atoms with Crippen LogP contribution in [0.25, 0.3) is 33.8 Å². The van der Waals surface area contributed by atoms with Gasteiger partial charge in [-0.15, -0.1) is 0 Å². The van der Waals surface area contributed by atoms with Crippen LogP contribution in [0.15, 0.2) is 88.0 Å². The van der Waals surface area contributed by atoms with Crippen molar-refractivity contribution in [1.29, 1.82) is 0 Å². The molecule has 1 aliphatic heterocycles. The molecule has 0 saturated carbocycles. The summed E-state index contributed by atoms with van der Waals surface area (Å²) in [5.41, 5.74) is 3.90. The summed E-state index contributed by atoms with van der Waals surface area (Å²) in [6, 6.07) is 22.9. The molecule has 5 aromatic rings. The summed E-state index contributed by atoms with van der Waals surface area (Å²) in [7, 11) is 0. The summed E-state index contributed by atoms with van der Waals surface area (Å²) in [5, 5.41) is 5.66. The SMILES string of the molecule is O=C(c1cc(-c2ccco2)nc2onc(-c3ccccc3)c12)N1CCN(Cc2ccccc2Cl)CC1. The fourth-order valence-electron chi connectivity index (χ4n) is 4.61. The molecule has 8 heteroatoms. The van der Waals surface area contributed by atoms with Crippen molar-refractivity contribution in [2.75, 3.05) is 26.2 Å². The Kier molecular flexibility index (Phi) is 6.01. The highest BCUT2D eigenvalue weighted by Gasteiger charge is 2.28. The number of benzene rings is 2. The molecule has 3 aromatic heterocycles. The Bertz CT molecular complexity index is 1510. The molecule has 7 nitrogen and oxygen atoms in total. The number of amides is 1. The van der Waals surface area contributed by atoms with Crippen LogP contribution in [0.4, 0.5) is 0 Å². The molecule has 1 fully saturated rings. The first-order valence-corrected chi connectivity index (χ1v) is 12.2. The molecule has 1 aliphatic rings. The Hall–Kier alpha value is -3.94. The van der Waals surface area contributed by atoms with Gasteiger partial charge in [0.2, 0.25) is 0 Å². The van der Waals surface area contributed by atoms with E-state index in [0.29, 0.717) is 46.9 Å². The zero-order valence-electron chi connectivity index (χ0n) is 19.4. The van der Waals surface area contributed by atoms with Crippen LogP contribution < -0.4 is 0 Å². The average molecular weight is 499 g/mol. The fourth-order valence-corrected chi connectivity index (χ4v) is 4.81. The number of pyridine rings is 1. The van der Waals surface area contributed by atoms with E-state index >= 15 is 0 Å². The fraction of sp³-hybridized carbons (Fsp3) is 0.179. The largest absolute Gasteiger partial charge is 0.463 e. The molecule has 1 amide bonds. The molecule has 0 radical (unpaired) electrons. The van der Waals surface area contributed by atoms with E-state index < -0.39 is 0 Å². The first kappa shape index (κ1) is 22.5. The van der Waals surface area contributed by atoms with Crippen LogP contribution in [-0.4, -0.2) is 52.0 Å². The number of nitrogens with zero attached hydrogens (tertiary/aromatic N) is 4. The van der Waals surface area contributed by atoms with Crippen molar-refractivity contribution in [2.45, 2.75) is 6.54 Å². The maximum atomic E-state index is 13.9. The van der Waals surface area contributed by atoms with Gasteiger partial charge in [0, 0.05) is 43.3 Å². The van der Waals surface area contributed by atoms with E-state index in [1.165, 1.54) is 0 Å². The molecule has 180 valence electrons. The number of hydrogen-bond acceptors (Lipinski definition) is 6. The molecule has 0 bridgehead atoms. The zero-order valence-corrected chi connectivity index (χ0v) is 20.2. The lowest BCUT2D eigenvalue weighted by Gasteiger charge is -2.35. The Labute approximate surface area is 212 Å². The summed E-state index contributed by atoms with van der Waals surface area (Å²) >= 11 is 6.35. The summed E-state index contributed by atoms with van der Waals surface area (Å²) in [4.78, 5) is 22.7. The van der Waals surface area contributed by atoms with Gasteiger partial charge in [-0.1, -0.05) is 65.3 Å². The first-order valence-electron chi connectivity index (χ1n) is 11.8. The van der Waals surface area contributed by atoms with Gasteiger partial charge in [-0.3, -0.25) is 9.69 Å². The van der Waals surface area contributed by atoms with Crippen LogP contribution in [0, 0.1) is 0 Å². The van der Waals surface area contributed by atoms with Crippen LogP contribution in [-0.2, 0) is 6.54 Å². The van der Waals surface area contributed by atoms with E-state index in [4.69, 9.17) is 20.5 Å². The molecule has 0 unspecified atom stereocenters. The Balaban J connectivity index is 1.32. The molecule has 0 N–H and O–H groups in total. The number of halogens is 1. The Morgan fingerprint density at radius 2 is 1.72 bits per heavy atom. The third-order valence-electron chi connectivity index (χ3n) is 6.51. The van der Waals surface area contributed by atoms with Crippen molar-refractivity contribution in [1.82, 2.24) is 19.9 Å². The van der Waals surface area contributed by atoms with E-state index in [9.17, 15) is 4.79 Å². The molecular formula is C28H23ClN4O3. The second-order valence-corrected chi connectivity index (χ2v) is 9.18. The van der Waals surface area contributed by atoms with Gasteiger partial charge >= 0.3 is 0 Å². The van der Waals surface area contributed by atoms with Crippen molar-refractivity contribution in [3.05, 3.63) is 95.2 Å². The van der Waals surface area contributed by atoms with Crippen molar-refractivity contribution in [3.8, 4) is 22.7 Å². The summed E-state index contributed by atoms with van der Waals surface area (Å²) < 4.78 is 11.2. The van der Waals surface area contributed by atoms with Crippen LogP contribution in [0.3, 0.4) is 0 Å². The highest BCUT2D eigenvalue weighted by Crippen LogP contribution is 2.33. The van der Waals surface area contributed by atoms with Gasteiger partial charge < -0.3 is 13.8 Å². The summed E-state index contributed by atoms with van der Waals surface area (Å²) in [6.07, 6.45) is 1.58. The van der Waals surface area contributed by atoms with Crippen molar-refractivity contribution < 1.29 is 13.7 Å². The second kappa shape index (κ2) is 9.60. The highest BCUT2D eigenvalue weighted by molar-refractivity contribution is 6.31. The molecule has 6 rings (SSSR count). The van der Waals surface area contributed by atoms with Gasteiger partial charge in [0.25, 0.3) is 11.6 Å². The van der Waals surface area contributed by atoms with Crippen LogP contribution in [0.5, 0.6) is 0 Å². The lowest BCUT2D eigenvalue weighted by molar-refractivity contribution is 0.0630. The summed E-state index contributed by atoms with van der Waals surface area (Å²) in [6.45, 7) is 3.48. The molecule has 0 aliphatic carbocycles. The minimum Gasteiger partial charge on any atom is -0.463 e. The van der Waals surface area contributed by atoms with Gasteiger partial charge in [0.05, 0.1) is 17.2 Å². The predicted octanol–water partition coefficient (Wildman–Crippen LogP) is 5.76. The number of piperazine rings is 1. The lowest BCUT2D eigenvalue weighted by Crippen LogP contribution is -2.48. The molecule has 36 heavy (non-hydrogen) atoms. The number of carbonyl (C=O) groups is 1. The van der Waals surface area contributed by atoms with Gasteiger partial charge in [-0.25, -0.2) is 4.98 Å². The standard InChI is InChI=1S/C28H23ClN4O3/c29-22-10-5-4-9-20(22)18-32-12-14-33(15-13-32)28(34)21-17-23(24-11-6-16-35-24)30-27-25(21)26(31-36-27)19-7-2-1-3-8-19/h1-11,16-17H,12-15,18H2. The number of aromatic nitrogens is 2. The van der Waals surface area contributed by atoms with E-state index in [0.717, 1.165) is 35.8 Å². The smallest absolute Gasteiger partial charge is 0.259 e. The molecule has 0 atom stereocenters. The molecule has 0 spiro atoms. The van der Waals surface area contributed by atoms with E-state index in [2.05, 4.69) is 15.0 Å². The molecule has 2 aromatic carbocycles. The number of carbonyl (C=O) groups excluding carboxylic acids is 1. The topological polar surface area (TPSA) is 75.6 Å². The normalized spacial score (nSPS) is 14.4. The molecule has 4 heterocycles. The minimum atomic E-state index is -0.0759. The van der Waals surface area contributed by atoms with Crippen molar-refractivity contribution in [3.63, 3.8) is 0 Å². The van der Waals surface area contributed by atoms with E-state index in [1.807, 2.05) is 65.6 Å². The average Bonchev–Trinajstić information content (AvgIpc) is 3.61. The van der Waals surface area contributed by atoms with Crippen LogP contribution >= 0.6 is 11.6 Å². The maximum Gasteiger partial charge on any atom is 0.259 e. The quantitative estimate of drug-likeness (QED) is 0.306. The third kappa shape index (κ3) is 4.27. The molecular weight excluding hydrogens is 476 g/mol. The maximum absolute atomic E-state index is 13.9. The van der Waals surface area contributed by atoms with E-state index in [-0.39, 0.29) is 5.91 Å². The van der Waals surface area contributed by atoms with Crippen LogP contribution in [0.1, 0.15) is 15.9 Å². The Morgan fingerprint density at radius 3 is 2.47 bits per heavy atom. The van der Waals surface area contributed by atoms with Gasteiger partial charge in [0.15, 0.2) is 5.76 Å². The van der Waals surface area contributed by atoms with E-state index in [1.54, 1.807) is 18.4 Å². The van der Waals surface area contributed by atoms with Crippen molar-refractivity contribution >= 4 is 28.6 Å². The monoisotopic (exact) mass is 498 g/mol. The molecule has 1 saturated heterocycles. The third-order valence-corrected chi connectivity index (χ3v) is 6.88. The number of rotatable bonds is 5. The van der Waals surface area contributed by atoms with Crippen molar-refractivity contribution in [2.24, 2.45) is 0 Å². The van der Waals surface area contributed by atoms with Gasteiger partial charge in [-0.05, 0) is 29.8 Å². The zero-order chi connectivity index (χ0) is 24.5. The van der Waals surface area contributed by atoms with Gasteiger partial charge in [0.1, 0.15) is 11.4 Å². The summed E-state index contributed by atoms with van der Waals surface area (Å²) in [5.74, 6) is 0.487. The van der Waals surface area contributed by atoms with Crippen LogP contribution in [0.2, 0.25) is 5.02 Å². The Morgan fingerprint density at radius 1 is 0.944 bits per heavy atom. The minimum absolute atomic E-state index is 0.0759. The van der Waals surface area contributed by atoms with Gasteiger partial charge in [-0.2, -0.15) is 0 Å². The number of fused-ring (bicyclic) bond motifs is 1. The predicted molar refractivity (Wildman–Crippen MR) is 138 cm³/mol.